The number of ether oxygens (including phenoxy) is 1. The van der Waals surface area contributed by atoms with Crippen LogP contribution in [0.1, 0.15) is 5.56 Å². The third kappa shape index (κ3) is 3.86. The summed E-state index contributed by atoms with van der Waals surface area (Å²) in [4.78, 5) is 3.32. The molecule has 0 spiro atoms. The maximum atomic E-state index is 13.7. The Balaban J connectivity index is 2.38. The Kier molecular flexibility index (Phi) is 3.99. The van der Waals surface area contributed by atoms with E-state index in [1.165, 1.54) is 6.07 Å². The van der Waals surface area contributed by atoms with Gasteiger partial charge in [-0.25, -0.2) is 4.39 Å². The van der Waals surface area contributed by atoms with Crippen LogP contribution in [0.2, 0.25) is 0 Å². The highest BCUT2D eigenvalue weighted by molar-refractivity contribution is 5.62. The number of alkyl halides is 6. The standard InChI is InChI=1S/C13H6F7NO/c14-10-5-8(12(15,16)17)6-21-11(10)7-2-1-3-9(4-7)22-13(18,19)20/h1-6H. The van der Waals surface area contributed by atoms with Gasteiger partial charge in [0.05, 0.1) is 5.56 Å². The first-order valence-electron chi connectivity index (χ1n) is 5.65. The highest BCUT2D eigenvalue weighted by Crippen LogP contribution is 2.32. The minimum absolute atomic E-state index is 0.145. The molecule has 0 unspecified atom stereocenters. The van der Waals surface area contributed by atoms with Crippen LogP contribution in [-0.2, 0) is 6.18 Å². The van der Waals surface area contributed by atoms with Gasteiger partial charge in [-0.2, -0.15) is 13.2 Å². The molecule has 0 aliphatic rings. The smallest absolute Gasteiger partial charge is 0.406 e. The molecule has 22 heavy (non-hydrogen) atoms. The van der Waals surface area contributed by atoms with Crippen molar-refractivity contribution < 1.29 is 35.5 Å². The monoisotopic (exact) mass is 325 g/mol. The number of rotatable bonds is 2. The number of aromatic nitrogens is 1. The third-order valence-electron chi connectivity index (χ3n) is 2.51. The number of pyridine rings is 1. The molecule has 0 saturated heterocycles. The Hall–Kier alpha value is -2.32. The van der Waals surface area contributed by atoms with E-state index in [1.54, 1.807) is 0 Å². The second-order valence-electron chi connectivity index (χ2n) is 4.13. The molecule has 1 aromatic heterocycles. The number of benzene rings is 1. The minimum Gasteiger partial charge on any atom is -0.406 e. The lowest BCUT2D eigenvalue weighted by atomic mass is 10.1. The summed E-state index contributed by atoms with van der Waals surface area (Å²) >= 11 is 0. The van der Waals surface area contributed by atoms with Crippen molar-refractivity contribution in [2.75, 3.05) is 0 Å². The summed E-state index contributed by atoms with van der Waals surface area (Å²) in [5.41, 5.74) is -1.95. The molecule has 2 rings (SSSR count). The zero-order valence-electron chi connectivity index (χ0n) is 10.5. The lowest BCUT2D eigenvalue weighted by Gasteiger charge is -2.11. The number of nitrogens with zero attached hydrogens (tertiary/aromatic N) is 1. The number of hydrogen-bond acceptors (Lipinski definition) is 2. The molecule has 118 valence electrons. The van der Waals surface area contributed by atoms with Gasteiger partial charge in [0, 0.05) is 11.8 Å². The first-order valence-corrected chi connectivity index (χ1v) is 5.65. The quantitative estimate of drug-likeness (QED) is 0.740. The SMILES string of the molecule is Fc1cc(C(F)(F)F)cnc1-c1cccc(OC(F)(F)F)c1. The first kappa shape index (κ1) is 16.1. The Labute approximate surface area is 119 Å². The van der Waals surface area contributed by atoms with Gasteiger partial charge in [-0.15, -0.1) is 13.2 Å². The van der Waals surface area contributed by atoms with Gasteiger partial charge in [-0.05, 0) is 18.2 Å². The summed E-state index contributed by atoms with van der Waals surface area (Å²) in [6.45, 7) is 0. The van der Waals surface area contributed by atoms with Gasteiger partial charge >= 0.3 is 12.5 Å². The molecule has 2 nitrogen and oxygen atoms in total. The second kappa shape index (κ2) is 5.47. The second-order valence-corrected chi connectivity index (χ2v) is 4.13. The normalized spacial score (nSPS) is 12.3. The molecule has 0 atom stereocenters. The molecule has 0 amide bonds. The van der Waals surface area contributed by atoms with Crippen LogP contribution in [0, 0.1) is 5.82 Å². The predicted molar refractivity (Wildman–Crippen MR) is 61.3 cm³/mol. The Morgan fingerprint density at radius 3 is 2.18 bits per heavy atom. The average molecular weight is 325 g/mol. The van der Waals surface area contributed by atoms with E-state index in [9.17, 15) is 30.7 Å². The Bertz CT molecular complexity index is 679. The lowest BCUT2D eigenvalue weighted by Crippen LogP contribution is -2.17. The Morgan fingerprint density at radius 1 is 0.955 bits per heavy atom. The van der Waals surface area contributed by atoms with Crippen molar-refractivity contribution in [1.82, 2.24) is 4.98 Å². The molecule has 9 heteroatoms. The molecule has 2 aromatic rings. The number of halogens is 7. The van der Waals surface area contributed by atoms with Crippen LogP contribution in [0.15, 0.2) is 36.5 Å². The van der Waals surface area contributed by atoms with Gasteiger partial charge in [-0.3, -0.25) is 4.98 Å². The van der Waals surface area contributed by atoms with Gasteiger partial charge in [-0.1, -0.05) is 12.1 Å². The van der Waals surface area contributed by atoms with Crippen molar-refractivity contribution in [3.63, 3.8) is 0 Å². The molecular formula is C13H6F7NO. The van der Waals surface area contributed by atoms with Crippen molar-refractivity contribution in [2.24, 2.45) is 0 Å². The van der Waals surface area contributed by atoms with E-state index in [-0.39, 0.29) is 11.6 Å². The molecule has 0 radical (unpaired) electrons. The molecular weight excluding hydrogens is 319 g/mol. The van der Waals surface area contributed by atoms with Crippen LogP contribution in [-0.4, -0.2) is 11.3 Å². The lowest BCUT2D eigenvalue weighted by molar-refractivity contribution is -0.274. The number of hydrogen-bond donors (Lipinski definition) is 0. The molecule has 0 fully saturated rings. The molecule has 0 aliphatic carbocycles. The predicted octanol–water partition coefficient (Wildman–Crippen LogP) is 4.81. The van der Waals surface area contributed by atoms with Crippen molar-refractivity contribution in [3.8, 4) is 17.0 Å². The molecule has 0 N–H and O–H groups in total. The van der Waals surface area contributed by atoms with Crippen LogP contribution in [0.5, 0.6) is 5.75 Å². The van der Waals surface area contributed by atoms with E-state index < -0.39 is 35.4 Å². The van der Waals surface area contributed by atoms with Gasteiger partial charge < -0.3 is 4.74 Å². The van der Waals surface area contributed by atoms with Crippen molar-refractivity contribution in [1.29, 1.82) is 0 Å². The fraction of sp³-hybridized carbons (Fsp3) is 0.154. The summed E-state index contributed by atoms with van der Waals surface area (Å²) in [5.74, 6) is -1.94. The van der Waals surface area contributed by atoms with Crippen molar-refractivity contribution in [3.05, 3.63) is 47.9 Å². The summed E-state index contributed by atoms with van der Waals surface area (Å²) in [7, 11) is 0. The summed E-state index contributed by atoms with van der Waals surface area (Å²) < 4.78 is 90.9. The highest BCUT2D eigenvalue weighted by Gasteiger charge is 2.33. The van der Waals surface area contributed by atoms with Crippen LogP contribution in [0.25, 0.3) is 11.3 Å². The average Bonchev–Trinajstić information content (AvgIpc) is 2.35. The van der Waals surface area contributed by atoms with Gasteiger partial charge in [0.15, 0.2) is 0 Å². The third-order valence-corrected chi connectivity index (χ3v) is 2.51. The maximum absolute atomic E-state index is 13.7. The molecule has 0 bridgehead atoms. The van der Waals surface area contributed by atoms with E-state index in [4.69, 9.17) is 0 Å². The van der Waals surface area contributed by atoms with Crippen LogP contribution in [0.3, 0.4) is 0 Å². The summed E-state index contributed by atoms with van der Waals surface area (Å²) in [5, 5.41) is 0. The Morgan fingerprint density at radius 2 is 1.64 bits per heavy atom. The van der Waals surface area contributed by atoms with Crippen molar-refractivity contribution in [2.45, 2.75) is 12.5 Å². The zero-order valence-corrected chi connectivity index (χ0v) is 10.5. The van der Waals surface area contributed by atoms with E-state index >= 15 is 0 Å². The zero-order chi connectivity index (χ0) is 16.5. The summed E-state index contributed by atoms with van der Waals surface area (Å²) in [6, 6.07) is 4.35. The molecule has 1 aromatic carbocycles. The minimum atomic E-state index is -4.94. The van der Waals surface area contributed by atoms with Gasteiger partial charge in [0.2, 0.25) is 0 Å². The van der Waals surface area contributed by atoms with Gasteiger partial charge in [0.25, 0.3) is 0 Å². The fourth-order valence-corrected chi connectivity index (χ4v) is 1.65. The van der Waals surface area contributed by atoms with Gasteiger partial charge in [0.1, 0.15) is 17.3 Å². The first-order chi connectivity index (χ1) is 10.1. The van der Waals surface area contributed by atoms with Crippen LogP contribution in [0.4, 0.5) is 30.7 Å². The van der Waals surface area contributed by atoms with Crippen LogP contribution < -0.4 is 4.74 Å². The molecule has 0 aliphatic heterocycles. The van der Waals surface area contributed by atoms with E-state index in [0.717, 1.165) is 18.2 Å². The van der Waals surface area contributed by atoms with E-state index in [0.29, 0.717) is 6.20 Å². The van der Waals surface area contributed by atoms with E-state index in [2.05, 4.69) is 9.72 Å². The maximum Gasteiger partial charge on any atom is 0.573 e. The highest BCUT2D eigenvalue weighted by atomic mass is 19.4. The fourth-order valence-electron chi connectivity index (χ4n) is 1.65. The molecule has 1 heterocycles. The van der Waals surface area contributed by atoms with Crippen LogP contribution >= 0.6 is 0 Å². The van der Waals surface area contributed by atoms with E-state index in [1.807, 2.05) is 0 Å². The summed E-state index contributed by atoms with van der Waals surface area (Å²) in [6.07, 6.45) is -9.31. The largest absolute Gasteiger partial charge is 0.573 e. The van der Waals surface area contributed by atoms with Crippen molar-refractivity contribution >= 4 is 0 Å². The topological polar surface area (TPSA) is 22.1 Å². The molecule has 0 saturated carbocycles.